The van der Waals surface area contributed by atoms with Crippen LogP contribution in [-0.2, 0) is 4.79 Å². The number of hydrogen-bond donors (Lipinski definition) is 2. The molecule has 1 saturated heterocycles. The molecule has 0 atom stereocenters. The number of nitrogens with zero attached hydrogens (tertiary/aromatic N) is 1. The Morgan fingerprint density at radius 2 is 2.28 bits per heavy atom. The molecule has 0 bridgehead atoms. The van der Waals surface area contributed by atoms with E-state index in [1.165, 1.54) is 0 Å². The van der Waals surface area contributed by atoms with Crippen molar-refractivity contribution in [3.8, 4) is 0 Å². The Morgan fingerprint density at radius 3 is 2.94 bits per heavy atom. The lowest BCUT2D eigenvalue weighted by atomic mass is 10.2. The highest BCUT2D eigenvalue weighted by Crippen LogP contribution is 2.20. The number of carbonyl (C=O) groups excluding carboxylic acids is 1. The molecule has 1 aromatic rings. The maximum absolute atomic E-state index is 11.8. The molecule has 0 aromatic carbocycles. The van der Waals surface area contributed by atoms with E-state index in [0.29, 0.717) is 16.8 Å². The van der Waals surface area contributed by atoms with E-state index in [1.807, 2.05) is 19.1 Å². The summed E-state index contributed by atoms with van der Waals surface area (Å²) in [6.45, 7) is 4.11. The minimum Gasteiger partial charge on any atom is -0.317 e. The van der Waals surface area contributed by atoms with Crippen LogP contribution in [-0.4, -0.2) is 35.0 Å². The molecular weight excluding hydrogens is 246 g/mol. The average Bonchev–Trinajstić information content (AvgIpc) is 2.40. The number of pyridine rings is 1. The Hall–Kier alpha value is -1.07. The first kappa shape index (κ1) is 13.4. The van der Waals surface area contributed by atoms with Crippen LogP contribution in [0.5, 0.6) is 0 Å². The molecule has 0 spiro atoms. The van der Waals surface area contributed by atoms with Crippen molar-refractivity contribution in [2.45, 2.75) is 25.0 Å². The molecule has 4 nitrogen and oxygen atoms in total. The summed E-state index contributed by atoms with van der Waals surface area (Å²) in [5, 5.41) is 6.76. The molecule has 1 fully saturated rings. The molecule has 2 rings (SSSR count). The molecule has 1 aliphatic rings. The molecule has 2 N–H and O–H groups in total. The van der Waals surface area contributed by atoms with E-state index < -0.39 is 0 Å². The summed E-state index contributed by atoms with van der Waals surface area (Å²) in [6, 6.07) is 3.78. The van der Waals surface area contributed by atoms with E-state index in [-0.39, 0.29) is 5.91 Å². The van der Waals surface area contributed by atoms with Gasteiger partial charge in [0.25, 0.3) is 0 Å². The number of amides is 1. The Bertz CT molecular complexity index is 388. The van der Waals surface area contributed by atoms with E-state index >= 15 is 0 Å². The fraction of sp³-hybridized carbons (Fsp3) is 0.538. The zero-order chi connectivity index (χ0) is 12.8. The highest BCUT2D eigenvalue weighted by atomic mass is 32.2. The second-order valence-corrected chi connectivity index (χ2v) is 5.82. The molecule has 0 saturated carbocycles. The van der Waals surface area contributed by atoms with Gasteiger partial charge in [-0.25, -0.2) is 4.98 Å². The lowest BCUT2D eigenvalue weighted by Crippen LogP contribution is -2.30. The summed E-state index contributed by atoms with van der Waals surface area (Å²) >= 11 is 1.75. The van der Waals surface area contributed by atoms with Gasteiger partial charge in [-0.05, 0) is 44.5 Å². The van der Waals surface area contributed by atoms with Crippen molar-refractivity contribution in [3.63, 3.8) is 0 Å². The quantitative estimate of drug-likeness (QED) is 0.872. The van der Waals surface area contributed by atoms with E-state index in [1.54, 1.807) is 18.0 Å². The Kier molecular flexibility index (Phi) is 5.01. The van der Waals surface area contributed by atoms with Crippen LogP contribution in [0.15, 0.2) is 18.3 Å². The number of hydrogen-bond acceptors (Lipinski definition) is 4. The van der Waals surface area contributed by atoms with Crippen molar-refractivity contribution in [2.75, 3.05) is 24.2 Å². The number of rotatable bonds is 4. The van der Waals surface area contributed by atoms with Gasteiger partial charge in [0, 0.05) is 11.4 Å². The van der Waals surface area contributed by atoms with Gasteiger partial charge in [-0.15, -0.1) is 11.8 Å². The van der Waals surface area contributed by atoms with Gasteiger partial charge in [0.05, 0.1) is 5.75 Å². The Balaban J connectivity index is 1.73. The molecule has 98 valence electrons. The predicted molar refractivity (Wildman–Crippen MR) is 76.0 cm³/mol. The van der Waals surface area contributed by atoms with Crippen molar-refractivity contribution in [1.82, 2.24) is 10.3 Å². The summed E-state index contributed by atoms with van der Waals surface area (Å²) in [5.41, 5.74) is 1.09. The second-order valence-electron chi connectivity index (χ2n) is 4.53. The maximum atomic E-state index is 11.8. The summed E-state index contributed by atoms with van der Waals surface area (Å²) in [7, 11) is 0. The molecular formula is C13H19N3OS. The highest BCUT2D eigenvalue weighted by molar-refractivity contribution is 8.00. The summed E-state index contributed by atoms with van der Waals surface area (Å²) in [4.78, 5) is 15.9. The van der Waals surface area contributed by atoms with Crippen LogP contribution in [0.4, 0.5) is 5.82 Å². The van der Waals surface area contributed by atoms with Gasteiger partial charge in [0.2, 0.25) is 5.91 Å². The van der Waals surface area contributed by atoms with Crippen LogP contribution in [0.2, 0.25) is 0 Å². The van der Waals surface area contributed by atoms with E-state index in [4.69, 9.17) is 0 Å². The van der Waals surface area contributed by atoms with E-state index in [9.17, 15) is 4.79 Å². The highest BCUT2D eigenvalue weighted by Gasteiger charge is 2.15. The minimum atomic E-state index is 0.0369. The van der Waals surface area contributed by atoms with Gasteiger partial charge in [0.15, 0.2) is 0 Å². The molecule has 1 aliphatic heterocycles. The third-order valence-electron chi connectivity index (χ3n) is 2.92. The topological polar surface area (TPSA) is 54.0 Å². The number of aryl methyl sites for hydroxylation is 1. The normalized spacial score (nSPS) is 16.5. The number of thioether (sulfide) groups is 1. The summed E-state index contributed by atoms with van der Waals surface area (Å²) < 4.78 is 0. The number of aromatic nitrogens is 1. The number of piperidine rings is 1. The lowest BCUT2D eigenvalue weighted by Gasteiger charge is -2.21. The van der Waals surface area contributed by atoms with Crippen LogP contribution in [0.1, 0.15) is 18.4 Å². The summed E-state index contributed by atoms with van der Waals surface area (Å²) in [5.74, 6) is 1.19. The van der Waals surface area contributed by atoms with Crippen LogP contribution in [0.25, 0.3) is 0 Å². The van der Waals surface area contributed by atoms with Gasteiger partial charge in [-0.3, -0.25) is 4.79 Å². The number of anilines is 1. The average molecular weight is 265 g/mol. The molecule has 18 heavy (non-hydrogen) atoms. The van der Waals surface area contributed by atoms with Crippen molar-refractivity contribution >= 4 is 23.5 Å². The first-order valence-electron chi connectivity index (χ1n) is 6.29. The van der Waals surface area contributed by atoms with Crippen LogP contribution in [0, 0.1) is 6.92 Å². The molecule has 1 amide bonds. The smallest absolute Gasteiger partial charge is 0.235 e. The Labute approximate surface area is 112 Å². The van der Waals surface area contributed by atoms with E-state index in [0.717, 1.165) is 31.5 Å². The second kappa shape index (κ2) is 6.75. The maximum Gasteiger partial charge on any atom is 0.235 e. The Morgan fingerprint density at radius 1 is 1.50 bits per heavy atom. The molecule has 5 heteroatoms. The molecule has 1 aromatic heterocycles. The molecule has 2 heterocycles. The largest absolute Gasteiger partial charge is 0.317 e. The monoisotopic (exact) mass is 265 g/mol. The van der Waals surface area contributed by atoms with Gasteiger partial charge in [-0.1, -0.05) is 6.07 Å². The first-order chi connectivity index (χ1) is 8.74. The molecule has 0 radical (unpaired) electrons. The van der Waals surface area contributed by atoms with Crippen molar-refractivity contribution in [1.29, 1.82) is 0 Å². The van der Waals surface area contributed by atoms with Crippen LogP contribution < -0.4 is 10.6 Å². The van der Waals surface area contributed by atoms with Gasteiger partial charge >= 0.3 is 0 Å². The lowest BCUT2D eigenvalue weighted by molar-refractivity contribution is -0.113. The van der Waals surface area contributed by atoms with Gasteiger partial charge in [0.1, 0.15) is 5.82 Å². The van der Waals surface area contributed by atoms with Gasteiger partial charge in [-0.2, -0.15) is 0 Å². The minimum absolute atomic E-state index is 0.0369. The van der Waals surface area contributed by atoms with Crippen LogP contribution >= 0.6 is 11.8 Å². The SMILES string of the molecule is Cc1ccc(NC(=O)CSC2CCNCC2)nc1. The fourth-order valence-electron chi connectivity index (χ4n) is 1.88. The zero-order valence-corrected chi connectivity index (χ0v) is 11.4. The first-order valence-corrected chi connectivity index (χ1v) is 7.34. The molecule has 0 unspecified atom stereocenters. The number of nitrogens with one attached hydrogen (secondary N) is 2. The van der Waals surface area contributed by atoms with Crippen molar-refractivity contribution in [2.24, 2.45) is 0 Å². The number of carbonyl (C=O) groups is 1. The molecule has 0 aliphatic carbocycles. The van der Waals surface area contributed by atoms with Gasteiger partial charge < -0.3 is 10.6 Å². The third kappa shape index (κ3) is 4.31. The summed E-state index contributed by atoms with van der Waals surface area (Å²) in [6.07, 6.45) is 4.07. The van der Waals surface area contributed by atoms with Crippen LogP contribution in [0.3, 0.4) is 0 Å². The fourth-order valence-corrected chi connectivity index (χ4v) is 2.90. The van der Waals surface area contributed by atoms with Crippen molar-refractivity contribution in [3.05, 3.63) is 23.9 Å². The predicted octanol–water partition coefficient (Wildman–Crippen LogP) is 1.81. The zero-order valence-electron chi connectivity index (χ0n) is 10.6. The van der Waals surface area contributed by atoms with Crippen molar-refractivity contribution < 1.29 is 4.79 Å². The standard InChI is InChI=1S/C13H19N3OS/c1-10-2-3-12(15-8-10)16-13(17)9-18-11-4-6-14-7-5-11/h2-3,8,11,14H,4-7,9H2,1H3,(H,15,16,17). The van der Waals surface area contributed by atoms with E-state index in [2.05, 4.69) is 15.6 Å². The third-order valence-corrected chi connectivity index (χ3v) is 4.29.